The molecule has 0 radical (unpaired) electrons. The van der Waals surface area contributed by atoms with Crippen molar-refractivity contribution in [3.05, 3.63) is 59.6 Å². The van der Waals surface area contributed by atoms with Gasteiger partial charge in [0.2, 0.25) is 0 Å². The van der Waals surface area contributed by atoms with E-state index < -0.39 is 0 Å². The van der Waals surface area contributed by atoms with E-state index in [1.165, 1.54) is 12.8 Å². The number of ether oxygens (including phenoxy) is 1. The largest absolute Gasteiger partial charge is 0.495 e. The number of hydrogen-bond acceptors (Lipinski definition) is 5. The molecule has 3 aromatic rings. The van der Waals surface area contributed by atoms with Crippen LogP contribution in [0.2, 0.25) is 5.02 Å². The molecular formula is C21H21ClN4O. The molecule has 5 nitrogen and oxygen atoms in total. The maximum atomic E-state index is 6.17. The minimum Gasteiger partial charge on any atom is -0.495 e. The Bertz CT molecular complexity index is 927. The van der Waals surface area contributed by atoms with Crippen molar-refractivity contribution in [3.63, 3.8) is 0 Å². The second kappa shape index (κ2) is 7.84. The fraction of sp³-hybridized carbons (Fsp3) is 0.238. The second-order valence-electron chi connectivity index (χ2n) is 6.46. The highest BCUT2D eigenvalue weighted by atomic mass is 35.5. The molecule has 0 aliphatic carbocycles. The first-order chi connectivity index (χ1) is 13.2. The van der Waals surface area contributed by atoms with E-state index >= 15 is 0 Å². The van der Waals surface area contributed by atoms with Crippen LogP contribution in [0.5, 0.6) is 5.75 Å². The first-order valence-electron chi connectivity index (χ1n) is 9.03. The molecule has 0 unspecified atom stereocenters. The molecule has 27 heavy (non-hydrogen) atoms. The molecule has 6 heteroatoms. The van der Waals surface area contributed by atoms with Crippen LogP contribution in [-0.4, -0.2) is 30.2 Å². The first-order valence-corrected chi connectivity index (χ1v) is 9.41. The van der Waals surface area contributed by atoms with Crippen molar-refractivity contribution in [3.8, 4) is 17.1 Å². The third-order valence-corrected chi connectivity index (χ3v) is 4.83. The Morgan fingerprint density at radius 1 is 1.00 bits per heavy atom. The zero-order chi connectivity index (χ0) is 18.6. The van der Waals surface area contributed by atoms with E-state index in [0.717, 1.165) is 30.2 Å². The predicted molar refractivity (Wildman–Crippen MR) is 110 cm³/mol. The topological polar surface area (TPSA) is 50.3 Å². The summed E-state index contributed by atoms with van der Waals surface area (Å²) in [7, 11) is 1.64. The average Bonchev–Trinajstić information content (AvgIpc) is 3.24. The molecule has 0 saturated carbocycles. The van der Waals surface area contributed by atoms with Gasteiger partial charge in [0.15, 0.2) is 5.82 Å². The molecule has 138 valence electrons. The lowest BCUT2D eigenvalue weighted by atomic mass is 10.2. The lowest BCUT2D eigenvalue weighted by molar-refractivity contribution is 0.417. The number of anilines is 3. The average molecular weight is 381 g/mol. The van der Waals surface area contributed by atoms with Gasteiger partial charge >= 0.3 is 0 Å². The Morgan fingerprint density at radius 3 is 2.52 bits per heavy atom. The van der Waals surface area contributed by atoms with Crippen LogP contribution in [0, 0.1) is 0 Å². The van der Waals surface area contributed by atoms with Gasteiger partial charge in [-0.25, -0.2) is 9.97 Å². The number of hydrogen-bond donors (Lipinski definition) is 1. The maximum absolute atomic E-state index is 6.17. The fourth-order valence-electron chi connectivity index (χ4n) is 3.24. The van der Waals surface area contributed by atoms with Gasteiger partial charge in [0.05, 0.1) is 12.8 Å². The van der Waals surface area contributed by atoms with E-state index in [9.17, 15) is 0 Å². The van der Waals surface area contributed by atoms with Crippen LogP contribution in [0.3, 0.4) is 0 Å². The summed E-state index contributed by atoms with van der Waals surface area (Å²) in [4.78, 5) is 11.8. The fourth-order valence-corrected chi connectivity index (χ4v) is 3.41. The zero-order valence-corrected chi connectivity index (χ0v) is 15.9. The lowest BCUT2D eigenvalue weighted by Crippen LogP contribution is -2.19. The summed E-state index contributed by atoms with van der Waals surface area (Å²) in [5.41, 5.74) is 1.76. The molecule has 1 aliphatic rings. The first kappa shape index (κ1) is 17.6. The van der Waals surface area contributed by atoms with Crippen LogP contribution >= 0.6 is 11.6 Å². The molecular weight excluding hydrogens is 360 g/mol. The molecule has 1 fully saturated rings. The molecule has 1 aliphatic heterocycles. The zero-order valence-electron chi connectivity index (χ0n) is 15.2. The second-order valence-corrected chi connectivity index (χ2v) is 6.90. The lowest BCUT2D eigenvalue weighted by Gasteiger charge is -2.19. The molecule has 1 aromatic heterocycles. The predicted octanol–water partition coefficient (Wildman–Crippen LogP) is 5.15. The van der Waals surface area contributed by atoms with Crippen molar-refractivity contribution < 1.29 is 4.74 Å². The number of nitrogens with zero attached hydrogens (tertiary/aromatic N) is 3. The van der Waals surface area contributed by atoms with Crippen LogP contribution in [0.4, 0.5) is 17.3 Å². The van der Waals surface area contributed by atoms with Gasteiger partial charge < -0.3 is 15.0 Å². The number of aromatic nitrogens is 2. The highest BCUT2D eigenvalue weighted by Gasteiger charge is 2.17. The van der Waals surface area contributed by atoms with Crippen LogP contribution in [-0.2, 0) is 0 Å². The van der Waals surface area contributed by atoms with Gasteiger partial charge in [-0.1, -0.05) is 41.9 Å². The Hall–Kier alpha value is -2.79. The summed E-state index contributed by atoms with van der Waals surface area (Å²) >= 11 is 6.17. The van der Waals surface area contributed by atoms with Crippen molar-refractivity contribution in [1.29, 1.82) is 0 Å². The third kappa shape index (κ3) is 3.98. The maximum Gasteiger partial charge on any atom is 0.163 e. The quantitative estimate of drug-likeness (QED) is 0.663. The van der Waals surface area contributed by atoms with Crippen molar-refractivity contribution >= 4 is 28.9 Å². The third-order valence-electron chi connectivity index (χ3n) is 4.60. The van der Waals surface area contributed by atoms with Gasteiger partial charge in [0.25, 0.3) is 0 Å². The molecule has 1 N–H and O–H groups in total. The number of methoxy groups -OCH3 is 1. The van der Waals surface area contributed by atoms with Crippen LogP contribution in [0.1, 0.15) is 12.8 Å². The monoisotopic (exact) mass is 380 g/mol. The van der Waals surface area contributed by atoms with Gasteiger partial charge in [-0.3, -0.25) is 0 Å². The smallest absolute Gasteiger partial charge is 0.163 e. The summed E-state index contributed by atoms with van der Waals surface area (Å²) in [6.45, 7) is 2.04. The number of benzene rings is 2. The van der Waals surface area contributed by atoms with Crippen molar-refractivity contribution in [2.24, 2.45) is 0 Å². The number of nitrogens with one attached hydrogen (secondary N) is 1. The summed E-state index contributed by atoms with van der Waals surface area (Å²) in [5, 5.41) is 3.99. The van der Waals surface area contributed by atoms with Gasteiger partial charge in [-0.15, -0.1) is 0 Å². The van der Waals surface area contributed by atoms with E-state index in [-0.39, 0.29) is 0 Å². The minimum absolute atomic E-state index is 0.635. The van der Waals surface area contributed by atoms with E-state index in [4.69, 9.17) is 26.3 Å². The Balaban J connectivity index is 1.75. The van der Waals surface area contributed by atoms with E-state index in [1.54, 1.807) is 13.2 Å². The van der Waals surface area contributed by atoms with Crippen LogP contribution in [0.15, 0.2) is 54.6 Å². The molecule has 4 rings (SSSR count). The van der Waals surface area contributed by atoms with Gasteiger partial charge in [-0.05, 0) is 31.0 Å². The van der Waals surface area contributed by atoms with Crippen LogP contribution < -0.4 is 15.0 Å². The molecule has 1 saturated heterocycles. The summed E-state index contributed by atoms with van der Waals surface area (Å²) in [6.07, 6.45) is 2.38. The Morgan fingerprint density at radius 2 is 1.78 bits per heavy atom. The van der Waals surface area contributed by atoms with E-state index in [1.807, 2.05) is 48.5 Å². The molecule has 2 aromatic carbocycles. The van der Waals surface area contributed by atoms with Gasteiger partial charge in [-0.2, -0.15) is 0 Å². The number of halogens is 1. The molecule has 0 spiro atoms. The van der Waals surface area contributed by atoms with Gasteiger partial charge in [0.1, 0.15) is 17.4 Å². The Kier molecular flexibility index (Phi) is 5.12. The van der Waals surface area contributed by atoms with Crippen LogP contribution in [0.25, 0.3) is 11.4 Å². The molecule has 2 heterocycles. The standard InChI is InChI=1S/C21H21ClN4O/c1-27-18-10-9-16(22)13-17(18)23-19-14-20(26-11-5-6-12-26)25-21(24-19)15-7-3-2-4-8-15/h2-4,7-10,13-14H,5-6,11-12H2,1H3,(H,23,24,25). The highest BCUT2D eigenvalue weighted by Crippen LogP contribution is 2.32. The molecule has 0 atom stereocenters. The van der Waals surface area contributed by atoms with Gasteiger partial charge in [0, 0.05) is 29.7 Å². The SMILES string of the molecule is COc1ccc(Cl)cc1Nc1cc(N2CCCC2)nc(-c2ccccc2)n1. The van der Waals surface area contributed by atoms with E-state index in [0.29, 0.717) is 22.4 Å². The Labute approximate surface area is 164 Å². The molecule has 0 bridgehead atoms. The summed E-state index contributed by atoms with van der Waals surface area (Å²) in [6, 6.07) is 17.5. The van der Waals surface area contributed by atoms with E-state index in [2.05, 4.69) is 10.2 Å². The van der Waals surface area contributed by atoms with Crippen molar-refractivity contribution in [2.45, 2.75) is 12.8 Å². The summed E-state index contributed by atoms with van der Waals surface area (Å²) < 4.78 is 5.44. The number of rotatable bonds is 5. The summed E-state index contributed by atoms with van der Waals surface area (Å²) in [5.74, 6) is 3.06. The van der Waals surface area contributed by atoms with Crippen molar-refractivity contribution in [1.82, 2.24) is 9.97 Å². The molecule has 0 amide bonds. The highest BCUT2D eigenvalue weighted by molar-refractivity contribution is 6.31. The normalized spacial score (nSPS) is 13.6. The minimum atomic E-state index is 0.635. The van der Waals surface area contributed by atoms with Crippen molar-refractivity contribution in [2.75, 3.05) is 30.4 Å².